The fourth-order valence-corrected chi connectivity index (χ4v) is 4.50. The quantitative estimate of drug-likeness (QED) is 0.775. The molecule has 2 heterocycles. The maximum Gasteiger partial charge on any atom is 0.321 e. The Morgan fingerprint density at radius 1 is 0.871 bits per heavy atom. The maximum absolute atomic E-state index is 12.9. The number of hydrogen-bond donors (Lipinski definition) is 2. The van der Waals surface area contributed by atoms with Crippen molar-refractivity contribution in [1.82, 2.24) is 15.1 Å². The molecular formula is C25H32N4O2. The van der Waals surface area contributed by atoms with E-state index in [1.54, 1.807) is 4.90 Å². The van der Waals surface area contributed by atoms with Crippen LogP contribution in [-0.4, -0.2) is 54.0 Å². The molecule has 0 saturated carbocycles. The lowest BCUT2D eigenvalue weighted by Crippen LogP contribution is -2.50. The summed E-state index contributed by atoms with van der Waals surface area (Å²) in [5.74, 6) is -0.0312. The first-order valence-corrected chi connectivity index (χ1v) is 11.3. The molecule has 2 aromatic carbocycles. The molecule has 0 bridgehead atoms. The van der Waals surface area contributed by atoms with Gasteiger partial charge in [-0.1, -0.05) is 48.5 Å². The molecule has 4 rings (SSSR count). The topological polar surface area (TPSA) is 64.7 Å². The van der Waals surface area contributed by atoms with E-state index in [1.807, 2.05) is 36.4 Å². The predicted octanol–water partition coefficient (Wildman–Crippen LogP) is 3.71. The van der Waals surface area contributed by atoms with Gasteiger partial charge in [0.25, 0.3) is 0 Å². The van der Waals surface area contributed by atoms with Crippen LogP contribution in [-0.2, 0) is 11.3 Å². The molecule has 0 aromatic heterocycles. The van der Waals surface area contributed by atoms with Gasteiger partial charge in [-0.2, -0.15) is 0 Å². The third kappa shape index (κ3) is 6.07. The Kier molecular flexibility index (Phi) is 7.20. The van der Waals surface area contributed by atoms with Crippen molar-refractivity contribution in [2.45, 2.75) is 38.3 Å². The van der Waals surface area contributed by atoms with Crippen molar-refractivity contribution >= 4 is 17.6 Å². The number of carbonyl (C=O) groups is 2. The SMILES string of the molecule is O=C(NC1CCN(Cc2ccccc2)CC1)C1CCCN(C(=O)Nc2ccccc2)C1. The van der Waals surface area contributed by atoms with Crippen LogP contribution in [0.4, 0.5) is 10.5 Å². The Morgan fingerprint density at radius 2 is 1.55 bits per heavy atom. The highest BCUT2D eigenvalue weighted by atomic mass is 16.2. The van der Waals surface area contributed by atoms with Gasteiger partial charge in [0.05, 0.1) is 5.92 Å². The Labute approximate surface area is 184 Å². The van der Waals surface area contributed by atoms with Crippen molar-refractivity contribution < 1.29 is 9.59 Å². The highest BCUT2D eigenvalue weighted by Crippen LogP contribution is 2.20. The third-order valence-electron chi connectivity index (χ3n) is 6.29. The monoisotopic (exact) mass is 420 g/mol. The largest absolute Gasteiger partial charge is 0.353 e. The molecule has 0 radical (unpaired) electrons. The molecule has 0 aliphatic carbocycles. The lowest BCUT2D eigenvalue weighted by molar-refractivity contribution is -0.127. The summed E-state index contributed by atoms with van der Waals surface area (Å²) in [6.45, 7) is 4.14. The first-order chi connectivity index (χ1) is 15.2. The number of benzene rings is 2. The van der Waals surface area contributed by atoms with Gasteiger partial charge in [0, 0.05) is 44.5 Å². The molecular weight excluding hydrogens is 388 g/mol. The van der Waals surface area contributed by atoms with Gasteiger partial charge in [0.2, 0.25) is 5.91 Å². The standard InChI is InChI=1S/C25H32N4O2/c30-24(26-23-13-16-28(17-14-23)18-20-8-3-1-4-9-20)21-10-7-15-29(19-21)25(31)27-22-11-5-2-6-12-22/h1-6,8-9,11-12,21,23H,7,10,13-19H2,(H,26,30)(H,27,31). The molecule has 0 spiro atoms. The summed E-state index contributed by atoms with van der Waals surface area (Å²) >= 11 is 0. The predicted molar refractivity (Wildman–Crippen MR) is 123 cm³/mol. The molecule has 2 aliphatic rings. The van der Waals surface area contributed by atoms with Crippen molar-refractivity contribution in [3.63, 3.8) is 0 Å². The lowest BCUT2D eigenvalue weighted by atomic mass is 9.96. The number of likely N-dealkylation sites (tertiary alicyclic amines) is 2. The second-order valence-electron chi connectivity index (χ2n) is 8.63. The first kappa shape index (κ1) is 21.4. The lowest BCUT2D eigenvalue weighted by Gasteiger charge is -2.35. The molecule has 3 amide bonds. The first-order valence-electron chi connectivity index (χ1n) is 11.3. The summed E-state index contributed by atoms with van der Waals surface area (Å²) in [4.78, 5) is 29.7. The van der Waals surface area contributed by atoms with Gasteiger partial charge in [0.15, 0.2) is 0 Å². The summed E-state index contributed by atoms with van der Waals surface area (Å²) in [7, 11) is 0. The van der Waals surface area contributed by atoms with Crippen LogP contribution in [0.2, 0.25) is 0 Å². The summed E-state index contributed by atoms with van der Waals surface area (Å²) in [6.07, 6.45) is 3.65. The smallest absolute Gasteiger partial charge is 0.321 e. The van der Waals surface area contributed by atoms with Crippen LogP contribution >= 0.6 is 0 Å². The number of amides is 3. The van der Waals surface area contributed by atoms with E-state index in [9.17, 15) is 9.59 Å². The second-order valence-corrected chi connectivity index (χ2v) is 8.63. The van der Waals surface area contributed by atoms with Gasteiger partial charge in [-0.25, -0.2) is 4.79 Å². The number of para-hydroxylation sites is 1. The van der Waals surface area contributed by atoms with Crippen molar-refractivity contribution in [3.05, 3.63) is 66.2 Å². The molecule has 6 nitrogen and oxygen atoms in total. The normalized spacial score (nSPS) is 20.3. The van der Waals surface area contributed by atoms with E-state index in [0.29, 0.717) is 13.1 Å². The van der Waals surface area contributed by atoms with Gasteiger partial charge in [-0.05, 0) is 43.4 Å². The Hall–Kier alpha value is -2.86. The number of piperidine rings is 2. The number of rotatable bonds is 5. The van der Waals surface area contributed by atoms with Gasteiger partial charge in [-0.15, -0.1) is 0 Å². The third-order valence-corrected chi connectivity index (χ3v) is 6.29. The zero-order chi connectivity index (χ0) is 21.5. The average Bonchev–Trinajstić information content (AvgIpc) is 2.82. The number of nitrogens with one attached hydrogen (secondary N) is 2. The molecule has 2 fully saturated rings. The molecule has 6 heteroatoms. The number of carbonyl (C=O) groups excluding carboxylic acids is 2. The van der Waals surface area contributed by atoms with Crippen molar-refractivity contribution in [2.24, 2.45) is 5.92 Å². The minimum atomic E-state index is -0.127. The van der Waals surface area contributed by atoms with Crippen molar-refractivity contribution in [3.8, 4) is 0 Å². The van der Waals surface area contributed by atoms with E-state index in [1.165, 1.54) is 5.56 Å². The van der Waals surface area contributed by atoms with Gasteiger partial charge >= 0.3 is 6.03 Å². The summed E-state index contributed by atoms with van der Waals surface area (Å²) in [5, 5.41) is 6.19. The van der Waals surface area contributed by atoms with Gasteiger partial charge in [-0.3, -0.25) is 9.69 Å². The van der Waals surface area contributed by atoms with Crippen molar-refractivity contribution in [2.75, 3.05) is 31.5 Å². The number of urea groups is 1. The Morgan fingerprint density at radius 3 is 2.26 bits per heavy atom. The summed E-state index contributed by atoms with van der Waals surface area (Å²) in [5.41, 5.74) is 2.11. The van der Waals surface area contributed by atoms with Gasteiger partial charge in [0.1, 0.15) is 0 Å². The van der Waals surface area contributed by atoms with Crippen LogP contribution in [0.5, 0.6) is 0 Å². The molecule has 2 aromatic rings. The van der Waals surface area contributed by atoms with Crippen LogP contribution in [0.15, 0.2) is 60.7 Å². The van der Waals surface area contributed by atoms with E-state index >= 15 is 0 Å². The summed E-state index contributed by atoms with van der Waals surface area (Å²) < 4.78 is 0. The maximum atomic E-state index is 12.9. The fraction of sp³-hybridized carbons (Fsp3) is 0.440. The minimum absolute atomic E-state index is 0.0960. The minimum Gasteiger partial charge on any atom is -0.353 e. The average molecular weight is 421 g/mol. The highest BCUT2D eigenvalue weighted by molar-refractivity contribution is 5.90. The van der Waals surface area contributed by atoms with Crippen LogP contribution in [0.1, 0.15) is 31.2 Å². The number of nitrogens with zero attached hydrogens (tertiary/aromatic N) is 2. The Bertz CT molecular complexity index is 850. The zero-order valence-corrected chi connectivity index (χ0v) is 18.0. The molecule has 164 valence electrons. The van der Waals surface area contributed by atoms with E-state index < -0.39 is 0 Å². The summed E-state index contributed by atoms with van der Waals surface area (Å²) in [6, 6.07) is 20.1. The molecule has 2 saturated heterocycles. The van der Waals surface area contributed by atoms with E-state index in [0.717, 1.165) is 51.0 Å². The van der Waals surface area contributed by atoms with E-state index in [4.69, 9.17) is 0 Å². The molecule has 2 aliphatic heterocycles. The van der Waals surface area contributed by atoms with E-state index in [-0.39, 0.29) is 23.9 Å². The van der Waals surface area contributed by atoms with Crippen LogP contribution in [0.3, 0.4) is 0 Å². The van der Waals surface area contributed by atoms with Crippen LogP contribution in [0, 0.1) is 5.92 Å². The molecule has 31 heavy (non-hydrogen) atoms. The van der Waals surface area contributed by atoms with Crippen LogP contribution < -0.4 is 10.6 Å². The van der Waals surface area contributed by atoms with Gasteiger partial charge < -0.3 is 15.5 Å². The molecule has 2 N–H and O–H groups in total. The molecule has 1 unspecified atom stereocenters. The molecule has 1 atom stereocenters. The van der Waals surface area contributed by atoms with Crippen molar-refractivity contribution in [1.29, 1.82) is 0 Å². The number of anilines is 1. The highest BCUT2D eigenvalue weighted by Gasteiger charge is 2.30. The Balaban J connectivity index is 1.22. The van der Waals surface area contributed by atoms with E-state index in [2.05, 4.69) is 39.8 Å². The zero-order valence-electron chi connectivity index (χ0n) is 18.0. The van der Waals surface area contributed by atoms with Crippen LogP contribution in [0.25, 0.3) is 0 Å². The fourth-order valence-electron chi connectivity index (χ4n) is 4.50. The number of hydrogen-bond acceptors (Lipinski definition) is 3. The second kappa shape index (κ2) is 10.4.